The van der Waals surface area contributed by atoms with Crippen LogP contribution < -0.4 is 11.1 Å². The second-order valence-corrected chi connectivity index (χ2v) is 4.97. The highest BCUT2D eigenvalue weighted by molar-refractivity contribution is 5.55. The molecular weight excluding hydrogens is 293 g/mol. The first-order valence-electron chi connectivity index (χ1n) is 6.84. The standard InChI is InChI=1S/C15H17F3N4/c1-3-9-8-20-14(22-13(9)7-19)21-12-5-10(15(2,17)18)4-11(16)6-12/h4-6,8H,3,7,19H2,1-2H3,(H,20,21,22). The fourth-order valence-corrected chi connectivity index (χ4v) is 2.02. The maximum atomic E-state index is 13.5. The predicted molar refractivity (Wildman–Crippen MR) is 78.6 cm³/mol. The minimum absolute atomic E-state index is 0.156. The van der Waals surface area contributed by atoms with Gasteiger partial charge in [0, 0.05) is 30.9 Å². The quantitative estimate of drug-likeness (QED) is 0.887. The van der Waals surface area contributed by atoms with E-state index in [1.165, 1.54) is 6.07 Å². The predicted octanol–water partition coefficient (Wildman–Crippen LogP) is 3.49. The molecule has 1 heterocycles. The highest BCUT2D eigenvalue weighted by Gasteiger charge is 2.25. The molecule has 0 aliphatic heterocycles. The summed E-state index contributed by atoms with van der Waals surface area (Å²) in [4.78, 5) is 8.31. The molecule has 7 heteroatoms. The molecule has 4 nitrogen and oxygen atoms in total. The Hall–Kier alpha value is -2.15. The highest BCUT2D eigenvalue weighted by atomic mass is 19.3. The van der Waals surface area contributed by atoms with Crippen molar-refractivity contribution in [1.82, 2.24) is 9.97 Å². The van der Waals surface area contributed by atoms with Crippen molar-refractivity contribution in [2.24, 2.45) is 5.73 Å². The molecule has 0 atom stereocenters. The second kappa shape index (κ2) is 6.31. The molecule has 0 aliphatic carbocycles. The lowest BCUT2D eigenvalue weighted by Crippen LogP contribution is -2.10. The lowest BCUT2D eigenvalue weighted by atomic mass is 10.1. The molecule has 0 bridgehead atoms. The number of anilines is 2. The molecule has 0 saturated heterocycles. The molecule has 1 aromatic heterocycles. The van der Waals surface area contributed by atoms with Gasteiger partial charge in [-0.3, -0.25) is 0 Å². The minimum atomic E-state index is -3.13. The van der Waals surface area contributed by atoms with E-state index in [9.17, 15) is 13.2 Å². The summed E-state index contributed by atoms with van der Waals surface area (Å²) < 4.78 is 40.1. The van der Waals surface area contributed by atoms with Gasteiger partial charge in [0.15, 0.2) is 0 Å². The van der Waals surface area contributed by atoms with Gasteiger partial charge in [-0.2, -0.15) is 0 Å². The Kier molecular flexibility index (Phi) is 4.65. The molecule has 0 unspecified atom stereocenters. The molecule has 3 N–H and O–H groups in total. The fourth-order valence-electron chi connectivity index (χ4n) is 2.02. The number of nitrogens with zero attached hydrogens (tertiary/aromatic N) is 2. The van der Waals surface area contributed by atoms with E-state index in [4.69, 9.17) is 5.73 Å². The molecule has 0 saturated carbocycles. The first kappa shape index (κ1) is 16.2. The van der Waals surface area contributed by atoms with Crippen LogP contribution in [0.1, 0.15) is 30.7 Å². The van der Waals surface area contributed by atoms with Crippen molar-refractivity contribution in [1.29, 1.82) is 0 Å². The van der Waals surface area contributed by atoms with Crippen LogP contribution in [-0.2, 0) is 18.9 Å². The monoisotopic (exact) mass is 310 g/mol. The Labute approximate surface area is 126 Å². The first-order valence-corrected chi connectivity index (χ1v) is 6.84. The smallest absolute Gasteiger partial charge is 0.270 e. The van der Waals surface area contributed by atoms with Crippen LogP contribution >= 0.6 is 0 Å². The third-order valence-electron chi connectivity index (χ3n) is 3.19. The molecule has 2 rings (SSSR count). The van der Waals surface area contributed by atoms with Crippen molar-refractivity contribution in [3.63, 3.8) is 0 Å². The molecule has 2 aromatic rings. The summed E-state index contributed by atoms with van der Waals surface area (Å²) in [6.07, 6.45) is 2.35. The SMILES string of the molecule is CCc1cnc(Nc2cc(F)cc(C(C)(F)F)c2)nc1CN. The van der Waals surface area contributed by atoms with E-state index >= 15 is 0 Å². The zero-order valence-corrected chi connectivity index (χ0v) is 12.3. The number of rotatable bonds is 5. The van der Waals surface area contributed by atoms with Gasteiger partial charge in [0.25, 0.3) is 5.92 Å². The molecule has 0 spiro atoms. The summed E-state index contributed by atoms with van der Waals surface area (Å²) in [5, 5.41) is 2.73. The van der Waals surface area contributed by atoms with Crippen LogP contribution in [0.3, 0.4) is 0 Å². The molecule has 118 valence electrons. The summed E-state index contributed by atoms with van der Waals surface area (Å²) in [5.41, 5.74) is 6.93. The van der Waals surface area contributed by atoms with Gasteiger partial charge in [0.2, 0.25) is 5.95 Å². The third-order valence-corrected chi connectivity index (χ3v) is 3.19. The van der Waals surface area contributed by atoms with Crippen molar-refractivity contribution in [3.8, 4) is 0 Å². The summed E-state index contributed by atoms with van der Waals surface area (Å²) in [6.45, 7) is 2.90. The molecule has 1 aromatic carbocycles. The van der Waals surface area contributed by atoms with Crippen LogP contribution in [-0.4, -0.2) is 9.97 Å². The maximum Gasteiger partial charge on any atom is 0.270 e. The number of hydrogen-bond donors (Lipinski definition) is 2. The van der Waals surface area contributed by atoms with Crippen molar-refractivity contribution >= 4 is 11.6 Å². The summed E-state index contributed by atoms with van der Waals surface area (Å²) in [5.74, 6) is -3.70. The zero-order chi connectivity index (χ0) is 16.3. The summed E-state index contributed by atoms with van der Waals surface area (Å²) >= 11 is 0. The average molecular weight is 310 g/mol. The summed E-state index contributed by atoms with van der Waals surface area (Å²) in [7, 11) is 0. The van der Waals surface area contributed by atoms with Crippen LogP contribution in [0.2, 0.25) is 0 Å². The molecule has 0 fully saturated rings. The van der Waals surface area contributed by atoms with E-state index in [0.717, 1.165) is 24.1 Å². The molecule has 0 aliphatic rings. The number of nitrogens with two attached hydrogens (primary N) is 1. The van der Waals surface area contributed by atoms with E-state index < -0.39 is 17.3 Å². The van der Waals surface area contributed by atoms with Gasteiger partial charge in [-0.15, -0.1) is 0 Å². The van der Waals surface area contributed by atoms with E-state index in [1.54, 1.807) is 6.20 Å². The van der Waals surface area contributed by atoms with Crippen molar-refractivity contribution in [2.75, 3.05) is 5.32 Å². The number of benzene rings is 1. The third kappa shape index (κ3) is 3.73. The lowest BCUT2D eigenvalue weighted by molar-refractivity contribution is 0.0172. The fraction of sp³-hybridized carbons (Fsp3) is 0.333. The van der Waals surface area contributed by atoms with E-state index in [-0.39, 0.29) is 18.2 Å². The number of hydrogen-bond acceptors (Lipinski definition) is 4. The van der Waals surface area contributed by atoms with Crippen molar-refractivity contribution in [2.45, 2.75) is 32.7 Å². The molecule has 0 amide bonds. The Morgan fingerprint density at radius 1 is 1.27 bits per heavy atom. The largest absolute Gasteiger partial charge is 0.325 e. The molecule has 0 radical (unpaired) electrons. The Bertz CT molecular complexity index is 668. The van der Waals surface area contributed by atoms with Gasteiger partial charge in [-0.1, -0.05) is 6.92 Å². The number of alkyl halides is 2. The van der Waals surface area contributed by atoms with E-state index in [1.807, 2.05) is 6.92 Å². The van der Waals surface area contributed by atoms with Gasteiger partial charge < -0.3 is 11.1 Å². The van der Waals surface area contributed by atoms with Crippen LogP contribution in [0.25, 0.3) is 0 Å². The van der Waals surface area contributed by atoms with Crippen LogP contribution in [0.4, 0.5) is 24.8 Å². The second-order valence-electron chi connectivity index (χ2n) is 4.97. The maximum absolute atomic E-state index is 13.5. The van der Waals surface area contributed by atoms with Gasteiger partial charge in [-0.05, 0) is 30.2 Å². The topological polar surface area (TPSA) is 63.8 Å². The molecule has 22 heavy (non-hydrogen) atoms. The first-order chi connectivity index (χ1) is 10.3. The Morgan fingerprint density at radius 2 is 2.00 bits per heavy atom. The van der Waals surface area contributed by atoms with Gasteiger partial charge in [0.05, 0.1) is 5.69 Å². The van der Waals surface area contributed by atoms with Crippen LogP contribution in [0, 0.1) is 5.82 Å². The number of halogens is 3. The number of aryl methyl sites for hydroxylation is 1. The van der Waals surface area contributed by atoms with Crippen LogP contribution in [0.15, 0.2) is 24.4 Å². The van der Waals surface area contributed by atoms with E-state index in [2.05, 4.69) is 15.3 Å². The highest BCUT2D eigenvalue weighted by Crippen LogP contribution is 2.30. The van der Waals surface area contributed by atoms with Crippen molar-refractivity contribution in [3.05, 3.63) is 47.0 Å². The molecular formula is C15H17F3N4. The summed E-state index contributed by atoms with van der Waals surface area (Å²) in [6, 6.07) is 3.08. The van der Waals surface area contributed by atoms with Gasteiger partial charge in [0.1, 0.15) is 5.82 Å². The number of nitrogens with one attached hydrogen (secondary N) is 1. The van der Waals surface area contributed by atoms with Crippen molar-refractivity contribution < 1.29 is 13.2 Å². The Balaban J connectivity index is 2.33. The van der Waals surface area contributed by atoms with Gasteiger partial charge in [-0.25, -0.2) is 23.1 Å². The van der Waals surface area contributed by atoms with Crippen LogP contribution in [0.5, 0.6) is 0 Å². The Morgan fingerprint density at radius 3 is 2.59 bits per heavy atom. The number of aromatic nitrogens is 2. The van der Waals surface area contributed by atoms with Gasteiger partial charge >= 0.3 is 0 Å². The normalized spacial score (nSPS) is 11.5. The van der Waals surface area contributed by atoms with E-state index in [0.29, 0.717) is 12.6 Å². The lowest BCUT2D eigenvalue weighted by Gasteiger charge is -2.14. The average Bonchev–Trinajstić information content (AvgIpc) is 2.45. The minimum Gasteiger partial charge on any atom is -0.325 e. The zero-order valence-electron chi connectivity index (χ0n) is 12.3.